The average molecular weight is 396 g/mol. The summed E-state index contributed by atoms with van der Waals surface area (Å²) in [4.78, 5) is 20.8. The zero-order valence-corrected chi connectivity index (χ0v) is 16.2. The molecule has 0 spiro atoms. The van der Waals surface area contributed by atoms with E-state index in [1.165, 1.54) is 0 Å². The first kappa shape index (κ1) is 19.1. The monoisotopic (exact) mass is 396 g/mol. The molecule has 2 aromatic heterocycles. The van der Waals surface area contributed by atoms with Crippen molar-refractivity contribution in [1.29, 1.82) is 0 Å². The number of carbonyl (C=O) groups excluding carboxylic acids is 1. The van der Waals surface area contributed by atoms with Crippen LogP contribution in [0, 0.1) is 0 Å². The highest BCUT2D eigenvalue weighted by Crippen LogP contribution is 2.22. The molecule has 0 bridgehead atoms. The van der Waals surface area contributed by atoms with Gasteiger partial charge in [0.15, 0.2) is 0 Å². The lowest BCUT2D eigenvalue weighted by Crippen LogP contribution is -2.13. The molecule has 6 heteroatoms. The predicted molar refractivity (Wildman–Crippen MR) is 117 cm³/mol. The van der Waals surface area contributed by atoms with Crippen LogP contribution >= 0.6 is 0 Å². The van der Waals surface area contributed by atoms with Gasteiger partial charge in [-0.2, -0.15) is 0 Å². The highest BCUT2D eigenvalue weighted by Gasteiger charge is 2.08. The summed E-state index contributed by atoms with van der Waals surface area (Å²) in [6, 6.07) is 24.1. The van der Waals surface area contributed by atoms with Gasteiger partial charge < -0.3 is 15.4 Å². The highest BCUT2D eigenvalue weighted by atomic mass is 16.5. The van der Waals surface area contributed by atoms with E-state index in [4.69, 9.17) is 4.74 Å². The standard InChI is InChI=1S/C24H20N4O2/c29-24(23-13-10-20(17-27-23)26-16-18-5-4-14-25-15-18)28-19-8-11-22(12-9-19)30-21-6-2-1-3-7-21/h1-15,17,26H,16H2,(H,28,29). The molecule has 2 heterocycles. The average Bonchev–Trinajstić information content (AvgIpc) is 2.81. The third kappa shape index (κ3) is 5.20. The predicted octanol–water partition coefficient (Wildman–Crippen LogP) is 5.13. The van der Waals surface area contributed by atoms with Crippen LogP contribution < -0.4 is 15.4 Å². The summed E-state index contributed by atoms with van der Waals surface area (Å²) in [6.07, 6.45) is 5.18. The Labute approximate surface area is 174 Å². The number of amides is 1. The van der Waals surface area contributed by atoms with Crippen LogP contribution in [0.1, 0.15) is 16.1 Å². The first-order valence-corrected chi connectivity index (χ1v) is 9.49. The Kier molecular flexibility index (Phi) is 5.96. The molecule has 4 aromatic rings. The van der Waals surface area contributed by atoms with Crippen LogP contribution in [-0.2, 0) is 6.54 Å². The molecule has 0 saturated carbocycles. The summed E-state index contributed by atoms with van der Waals surface area (Å²) in [5.41, 5.74) is 2.91. The number of aromatic nitrogens is 2. The molecule has 1 amide bonds. The fraction of sp³-hybridized carbons (Fsp3) is 0.0417. The summed E-state index contributed by atoms with van der Waals surface area (Å²) in [5.74, 6) is 1.18. The van der Waals surface area contributed by atoms with Gasteiger partial charge in [0.25, 0.3) is 5.91 Å². The molecule has 0 atom stereocenters. The number of nitrogens with one attached hydrogen (secondary N) is 2. The van der Waals surface area contributed by atoms with Crippen molar-refractivity contribution >= 4 is 17.3 Å². The van der Waals surface area contributed by atoms with Crippen molar-refractivity contribution in [3.63, 3.8) is 0 Å². The van der Waals surface area contributed by atoms with Crippen LogP contribution in [0.25, 0.3) is 0 Å². The highest BCUT2D eigenvalue weighted by molar-refractivity contribution is 6.02. The molecule has 4 rings (SSSR count). The first-order valence-electron chi connectivity index (χ1n) is 9.49. The van der Waals surface area contributed by atoms with Crippen LogP contribution in [0.2, 0.25) is 0 Å². The molecule has 0 fully saturated rings. The number of benzene rings is 2. The minimum atomic E-state index is -0.273. The van der Waals surface area contributed by atoms with Crippen LogP contribution in [0.15, 0.2) is 97.5 Å². The summed E-state index contributed by atoms with van der Waals surface area (Å²) in [7, 11) is 0. The van der Waals surface area contributed by atoms with E-state index in [0.717, 1.165) is 17.0 Å². The van der Waals surface area contributed by atoms with E-state index in [0.29, 0.717) is 23.7 Å². The molecule has 0 unspecified atom stereocenters. The van der Waals surface area contributed by atoms with E-state index in [-0.39, 0.29) is 5.91 Å². The van der Waals surface area contributed by atoms with Crippen molar-refractivity contribution in [2.24, 2.45) is 0 Å². The second kappa shape index (κ2) is 9.34. The van der Waals surface area contributed by atoms with Crippen molar-refractivity contribution in [2.45, 2.75) is 6.54 Å². The van der Waals surface area contributed by atoms with E-state index < -0.39 is 0 Å². The lowest BCUT2D eigenvalue weighted by atomic mass is 10.2. The zero-order chi connectivity index (χ0) is 20.6. The quantitative estimate of drug-likeness (QED) is 0.453. The molecule has 0 aliphatic rings. The largest absolute Gasteiger partial charge is 0.457 e. The number of hydrogen-bond acceptors (Lipinski definition) is 5. The number of rotatable bonds is 7. The SMILES string of the molecule is O=C(Nc1ccc(Oc2ccccc2)cc1)c1ccc(NCc2cccnc2)cn1. The molecule has 148 valence electrons. The molecule has 0 aliphatic carbocycles. The molecule has 2 N–H and O–H groups in total. The van der Waals surface area contributed by atoms with E-state index in [1.807, 2.05) is 60.7 Å². The van der Waals surface area contributed by atoms with E-state index in [1.54, 1.807) is 36.8 Å². The normalized spacial score (nSPS) is 10.3. The third-order valence-corrected chi connectivity index (χ3v) is 4.31. The van der Waals surface area contributed by atoms with Gasteiger partial charge in [0.05, 0.1) is 11.9 Å². The number of hydrogen-bond donors (Lipinski definition) is 2. The number of carbonyl (C=O) groups is 1. The minimum absolute atomic E-state index is 0.273. The Bertz CT molecular complexity index is 1080. The van der Waals surface area contributed by atoms with Crippen molar-refractivity contribution in [2.75, 3.05) is 10.6 Å². The fourth-order valence-corrected chi connectivity index (χ4v) is 2.77. The van der Waals surface area contributed by atoms with Gasteiger partial charge in [-0.05, 0) is 60.2 Å². The number of ether oxygens (including phenoxy) is 1. The van der Waals surface area contributed by atoms with Gasteiger partial charge in [-0.25, -0.2) is 4.98 Å². The number of pyridine rings is 2. The Morgan fingerprint density at radius 2 is 1.57 bits per heavy atom. The summed E-state index contributed by atoms with van der Waals surface area (Å²) in [5, 5.41) is 6.10. The Morgan fingerprint density at radius 1 is 0.800 bits per heavy atom. The molecule has 30 heavy (non-hydrogen) atoms. The molecular weight excluding hydrogens is 376 g/mol. The maximum absolute atomic E-state index is 12.4. The van der Waals surface area contributed by atoms with Gasteiger partial charge >= 0.3 is 0 Å². The van der Waals surface area contributed by atoms with Gasteiger partial charge in [-0.15, -0.1) is 0 Å². The maximum atomic E-state index is 12.4. The van der Waals surface area contributed by atoms with Crippen LogP contribution in [0.4, 0.5) is 11.4 Å². The smallest absolute Gasteiger partial charge is 0.274 e. The topological polar surface area (TPSA) is 76.1 Å². The summed E-state index contributed by atoms with van der Waals surface area (Å²) >= 11 is 0. The zero-order valence-electron chi connectivity index (χ0n) is 16.2. The molecule has 2 aromatic carbocycles. The summed E-state index contributed by atoms with van der Waals surface area (Å²) < 4.78 is 5.76. The van der Waals surface area contributed by atoms with Gasteiger partial charge in [0.1, 0.15) is 17.2 Å². The number of nitrogens with zero attached hydrogens (tertiary/aromatic N) is 2. The van der Waals surface area contributed by atoms with Gasteiger partial charge in [-0.3, -0.25) is 9.78 Å². The van der Waals surface area contributed by atoms with Crippen molar-refractivity contribution < 1.29 is 9.53 Å². The van der Waals surface area contributed by atoms with Crippen molar-refractivity contribution in [1.82, 2.24) is 9.97 Å². The maximum Gasteiger partial charge on any atom is 0.274 e. The second-order valence-corrected chi connectivity index (χ2v) is 6.54. The fourth-order valence-electron chi connectivity index (χ4n) is 2.77. The lowest BCUT2D eigenvalue weighted by Gasteiger charge is -2.09. The molecule has 6 nitrogen and oxygen atoms in total. The summed E-state index contributed by atoms with van der Waals surface area (Å²) in [6.45, 7) is 0.637. The third-order valence-electron chi connectivity index (χ3n) is 4.31. The molecule has 0 aliphatic heterocycles. The van der Waals surface area contributed by atoms with Gasteiger partial charge in [-0.1, -0.05) is 24.3 Å². The van der Waals surface area contributed by atoms with E-state index in [2.05, 4.69) is 20.6 Å². The molecule has 0 radical (unpaired) electrons. The number of anilines is 2. The number of para-hydroxylation sites is 1. The lowest BCUT2D eigenvalue weighted by molar-refractivity contribution is 0.102. The van der Waals surface area contributed by atoms with E-state index >= 15 is 0 Å². The van der Waals surface area contributed by atoms with E-state index in [9.17, 15) is 4.79 Å². The van der Waals surface area contributed by atoms with Crippen molar-refractivity contribution in [3.05, 3.63) is 109 Å². The Morgan fingerprint density at radius 3 is 2.27 bits per heavy atom. The molecular formula is C24H20N4O2. The van der Waals surface area contributed by atoms with Gasteiger partial charge in [0, 0.05) is 24.6 Å². The van der Waals surface area contributed by atoms with Crippen LogP contribution in [0.3, 0.4) is 0 Å². The first-order chi connectivity index (χ1) is 14.8. The minimum Gasteiger partial charge on any atom is -0.457 e. The van der Waals surface area contributed by atoms with Crippen LogP contribution in [0.5, 0.6) is 11.5 Å². The second-order valence-electron chi connectivity index (χ2n) is 6.54. The Hall–Kier alpha value is -4.19. The van der Waals surface area contributed by atoms with Gasteiger partial charge in [0.2, 0.25) is 0 Å². The van der Waals surface area contributed by atoms with Crippen LogP contribution in [-0.4, -0.2) is 15.9 Å². The molecule has 0 saturated heterocycles. The Balaban J connectivity index is 1.32. The van der Waals surface area contributed by atoms with Crippen molar-refractivity contribution in [3.8, 4) is 11.5 Å².